The molecule has 19 heavy (non-hydrogen) atoms. The van der Waals surface area contributed by atoms with Gasteiger partial charge < -0.3 is 11.5 Å². The van der Waals surface area contributed by atoms with Crippen molar-refractivity contribution in [2.24, 2.45) is 5.73 Å². The van der Waals surface area contributed by atoms with Crippen molar-refractivity contribution >= 4 is 11.6 Å². The fourth-order valence-electron chi connectivity index (χ4n) is 1.67. The molecule has 0 radical (unpaired) electrons. The summed E-state index contributed by atoms with van der Waals surface area (Å²) in [7, 11) is 0. The third kappa shape index (κ3) is 2.37. The van der Waals surface area contributed by atoms with Crippen molar-refractivity contribution < 1.29 is 9.18 Å². The van der Waals surface area contributed by atoms with Gasteiger partial charge >= 0.3 is 0 Å². The molecule has 2 aromatic rings. The lowest BCUT2D eigenvalue weighted by Crippen LogP contribution is -2.14. The van der Waals surface area contributed by atoms with E-state index < -0.39 is 11.7 Å². The van der Waals surface area contributed by atoms with E-state index in [1.165, 1.54) is 23.0 Å². The lowest BCUT2D eigenvalue weighted by molar-refractivity contribution is 0.0995. The minimum atomic E-state index is -0.748. The zero-order valence-corrected chi connectivity index (χ0v) is 9.80. The number of rotatable bonds is 3. The van der Waals surface area contributed by atoms with Gasteiger partial charge in [-0.2, -0.15) is 10.4 Å². The van der Waals surface area contributed by atoms with Gasteiger partial charge in [0.15, 0.2) is 5.69 Å². The van der Waals surface area contributed by atoms with Crippen LogP contribution in [0.5, 0.6) is 0 Å². The Balaban J connectivity index is 2.35. The Hall–Kier alpha value is -2.88. The molecule has 0 aliphatic rings. The zero-order valence-electron chi connectivity index (χ0n) is 9.80. The number of nitrogens with zero attached hydrogens (tertiary/aromatic N) is 3. The number of hydrogen-bond acceptors (Lipinski definition) is 4. The second-order valence-corrected chi connectivity index (χ2v) is 3.89. The maximum atomic E-state index is 13.8. The van der Waals surface area contributed by atoms with Gasteiger partial charge in [-0.25, -0.2) is 4.39 Å². The van der Waals surface area contributed by atoms with Crippen LogP contribution in [-0.4, -0.2) is 15.7 Å². The molecule has 0 atom stereocenters. The first-order chi connectivity index (χ1) is 9.02. The van der Waals surface area contributed by atoms with Crippen LogP contribution in [0.15, 0.2) is 24.4 Å². The third-order valence-electron chi connectivity index (χ3n) is 2.55. The summed E-state index contributed by atoms with van der Waals surface area (Å²) >= 11 is 0. The predicted molar refractivity (Wildman–Crippen MR) is 65.4 cm³/mol. The van der Waals surface area contributed by atoms with E-state index in [0.717, 1.165) is 0 Å². The van der Waals surface area contributed by atoms with Gasteiger partial charge in [0.2, 0.25) is 0 Å². The Morgan fingerprint density at radius 3 is 2.84 bits per heavy atom. The standard InChI is InChI=1S/C12H10FN5O/c13-10-7(4-14)2-1-3-8(10)5-18-6-9(15)11(17-18)12(16)19/h1-3,6H,5,15H2,(H2,16,19). The molecule has 1 aromatic heterocycles. The highest BCUT2D eigenvalue weighted by Gasteiger charge is 2.13. The molecular weight excluding hydrogens is 249 g/mol. The van der Waals surface area contributed by atoms with Crippen LogP contribution in [0.3, 0.4) is 0 Å². The minimum absolute atomic E-state index is 0.0484. The smallest absolute Gasteiger partial charge is 0.271 e. The van der Waals surface area contributed by atoms with E-state index >= 15 is 0 Å². The first kappa shape index (κ1) is 12.6. The monoisotopic (exact) mass is 259 g/mol. The maximum Gasteiger partial charge on any atom is 0.271 e. The van der Waals surface area contributed by atoms with Crippen molar-refractivity contribution in [1.82, 2.24) is 9.78 Å². The number of anilines is 1. The number of primary amides is 1. The summed E-state index contributed by atoms with van der Waals surface area (Å²) in [5, 5.41) is 12.6. The second-order valence-electron chi connectivity index (χ2n) is 3.89. The quantitative estimate of drug-likeness (QED) is 0.841. The number of halogens is 1. The van der Waals surface area contributed by atoms with Gasteiger partial charge in [-0.15, -0.1) is 0 Å². The molecule has 0 aliphatic carbocycles. The summed E-state index contributed by atoms with van der Waals surface area (Å²) in [4.78, 5) is 11.0. The lowest BCUT2D eigenvalue weighted by Gasteiger charge is -2.04. The van der Waals surface area contributed by atoms with Crippen molar-refractivity contribution in [3.8, 4) is 6.07 Å². The van der Waals surface area contributed by atoms with Gasteiger partial charge in [0.1, 0.15) is 11.9 Å². The van der Waals surface area contributed by atoms with E-state index in [4.69, 9.17) is 16.7 Å². The molecular formula is C12H10FN5O. The average molecular weight is 259 g/mol. The van der Waals surface area contributed by atoms with E-state index in [9.17, 15) is 9.18 Å². The minimum Gasteiger partial charge on any atom is -0.396 e. The van der Waals surface area contributed by atoms with E-state index in [-0.39, 0.29) is 29.1 Å². The summed E-state index contributed by atoms with van der Waals surface area (Å²) in [5.41, 5.74) is 10.9. The summed E-state index contributed by atoms with van der Waals surface area (Å²) in [6.45, 7) is 0.0544. The molecule has 0 bridgehead atoms. The van der Waals surface area contributed by atoms with Crippen molar-refractivity contribution in [1.29, 1.82) is 5.26 Å². The first-order valence-corrected chi connectivity index (χ1v) is 5.33. The average Bonchev–Trinajstić information content (AvgIpc) is 2.73. The molecule has 0 aliphatic heterocycles. The second kappa shape index (κ2) is 4.78. The molecule has 4 N–H and O–H groups in total. The molecule has 1 amide bonds. The molecule has 7 heteroatoms. The van der Waals surface area contributed by atoms with Crippen LogP contribution in [0.2, 0.25) is 0 Å². The molecule has 0 saturated carbocycles. The van der Waals surface area contributed by atoms with Crippen LogP contribution < -0.4 is 11.5 Å². The fraction of sp³-hybridized carbons (Fsp3) is 0.0833. The van der Waals surface area contributed by atoms with Gasteiger partial charge in [-0.1, -0.05) is 12.1 Å². The number of carbonyl (C=O) groups excluding carboxylic acids is 1. The highest BCUT2D eigenvalue weighted by molar-refractivity contribution is 5.95. The van der Waals surface area contributed by atoms with Crippen LogP contribution in [0, 0.1) is 17.1 Å². The van der Waals surface area contributed by atoms with Gasteiger partial charge in [0.05, 0.1) is 17.8 Å². The zero-order chi connectivity index (χ0) is 14.0. The van der Waals surface area contributed by atoms with Gasteiger partial charge in [-0.05, 0) is 6.07 Å². The van der Waals surface area contributed by atoms with E-state index in [1.807, 2.05) is 0 Å². The number of benzene rings is 1. The summed E-state index contributed by atoms with van der Waals surface area (Å²) < 4.78 is 15.1. The molecule has 0 saturated heterocycles. The van der Waals surface area contributed by atoms with Crippen molar-refractivity contribution in [2.45, 2.75) is 6.54 Å². The first-order valence-electron chi connectivity index (χ1n) is 5.33. The Morgan fingerprint density at radius 1 is 1.53 bits per heavy atom. The third-order valence-corrected chi connectivity index (χ3v) is 2.55. The number of aromatic nitrogens is 2. The van der Waals surface area contributed by atoms with Crippen LogP contribution in [-0.2, 0) is 6.54 Å². The SMILES string of the molecule is N#Cc1cccc(Cn2cc(N)c(C(N)=O)n2)c1F. The summed E-state index contributed by atoms with van der Waals surface area (Å²) in [5.74, 6) is -1.36. The van der Waals surface area contributed by atoms with E-state index in [1.54, 1.807) is 12.1 Å². The Morgan fingerprint density at radius 2 is 2.26 bits per heavy atom. The predicted octanol–water partition coefficient (Wildman–Crippen LogP) is 0.623. The Labute approximate surface area is 108 Å². The molecule has 0 spiro atoms. The molecule has 1 aromatic carbocycles. The lowest BCUT2D eigenvalue weighted by atomic mass is 10.1. The molecule has 96 valence electrons. The highest BCUT2D eigenvalue weighted by Crippen LogP contribution is 2.15. The normalized spacial score (nSPS) is 10.1. The molecule has 0 fully saturated rings. The van der Waals surface area contributed by atoms with Gasteiger partial charge in [0.25, 0.3) is 5.91 Å². The van der Waals surface area contributed by atoms with Gasteiger partial charge in [0, 0.05) is 11.8 Å². The number of carbonyl (C=O) groups is 1. The molecule has 6 nitrogen and oxygen atoms in total. The van der Waals surface area contributed by atoms with Crippen LogP contribution >= 0.6 is 0 Å². The maximum absolute atomic E-state index is 13.8. The van der Waals surface area contributed by atoms with E-state index in [2.05, 4.69) is 5.10 Å². The highest BCUT2D eigenvalue weighted by atomic mass is 19.1. The largest absolute Gasteiger partial charge is 0.396 e. The Kier molecular flexibility index (Phi) is 3.16. The van der Waals surface area contributed by atoms with Crippen LogP contribution in [0.1, 0.15) is 21.6 Å². The van der Waals surface area contributed by atoms with E-state index in [0.29, 0.717) is 0 Å². The molecule has 0 unspecified atom stereocenters. The summed E-state index contributed by atoms with van der Waals surface area (Å²) in [6.07, 6.45) is 1.39. The van der Waals surface area contributed by atoms with Crippen molar-refractivity contribution in [3.05, 3.63) is 47.0 Å². The van der Waals surface area contributed by atoms with Gasteiger partial charge in [-0.3, -0.25) is 9.48 Å². The summed E-state index contributed by atoms with van der Waals surface area (Å²) in [6, 6.07) is 6.23. The van der Waals surface area contributed by atoms with Crippen LogP contribution in [0.25, 0.3) is 0 Å². The topological polar surface area (TPSA) is 111 Å². The molecule has 1 heterocycles. The number of amides is 1. The van der Waals surface area contributed by atoms with Crippen molar-refractivity contribution in [2.75, 3.05) is 5.73 Å². The fourth-order valence-corrected chi connectivity index (χ4v) is 1.67. The number of nitrogen functional groups attached to an aromatic ring is 1. The number of nitriles is 1. The van der Waals surface area contributed by atoms with Crippen LogP contribution in [0.4, 0.5) is 10.1 Å². The Bertz CT molecular complexity index is 686. The molecule has 2 rings (SSSR count). The van der Waals surface area contributed by atoms with Crippen molar-refractivity contribution in [3.63, 3.8) is 0 Å². The number of nitrogens with two attached hydrogens (primary N) is 2. The number of hydrogen-bond donors (Lipinski definition) is 2.